The smallest absolute Gasteiger partial charge is 0.243 e. The molecular formula is C21H29N3O5S. The average Bonchev–Trinajstić information content (AvgIpc) is 2.81. The fraction of sp³-hybridized carbons (Fsp3) is 0.571. The molecule has 1 N–H and O–H groups in total. The van der Waals surface area contributed by atoms with Gasteiger partial charge in [-0.15, -0.1) is 0 Å². The molecule has 0 bridgehead atoms. The third kappa shape index (κ3) is 4.69. The molecule has 1 unspecified atom stereocenters. The number of amides is 1. The van der Waals surface area contributed by atoms with Crippen LogP contribution < -0.4 is 10.2 Å². The van der Waals surface area contributed by atoms with E-state index in [4.69, 9.17) is 9.47 Å². The SMILES string of the molecule is O=C(Nc1cc(S(=O)(=O)N2CCOCC2)ccc1N1CCOCC1)C1CC=CCC1. The molecule has 4 rings (SSSR count). The first-order valence-electron chi connectivity index (χ1n) is 10.6. The largest absolute Gasteiger partial charge is 0.379 e. The number of nitrogens with zero attached hydrogens (tertiary/aromatic N) is 2. The topological polar surface area (TPSA) is 88.2 Å². The van der Waals surface area contributed by atoms with E-state index in [0.717, 1.165) is 18.5 Å². The molecule has 3 aliphatic rings. The predicted molar refractivity (Wildman–Crippen MR) is 114 cm³/mol. The van der Waals surface area contributed by atoms with Crippen molar-refractivity contribution in [1.29, 1.82) is 0 Å². The van der Waals surface area contributed by atoms with Gasteiger partial charge in [-0.3, -0.25) is 4.79 Å². The van der Waals surface area contributed by atoms with Crippen LogP contribution >= 0.6 is 0 Å². The van der Waals surface area contributed by atoms with Crippen molar-refractivity contribution < 1.29 is 22.7 Å². The Hall–Kier alpha value is -1.94. The normalized spacial score (nSPS) is 23.3. The van der Waals surface area contributed by atoms with Crippen LogP contribution in [0, 0.1) is 5.92 Å². The lowest BCUT2D eigenvalue weighted by Gasteiger charge is -2.32. The van der Waals surface area contributed by atoms with Gasteiger partial charge >= 0.3 is 0 Å². The Labute approximate surface area is 177 Å². The molecule has 2 saturated heterocycles. The van der Waals surface area contributed by atoms with Gasteiger partial charge in [0.15, 0.2) is 0 Å². The fourth-order valence-corrected chi connectivity index (χ4v) is 5.49. The summed E-state index contributed by atoms with van der Waals surface area (Å²) in [5.74, 6) is -0.151. The maximum Gasteiger partial charge on any atom is 0.243 e. The molecule has 0 aromatic heterocycles. The standard InChI is InChI=1S/C21H29N3O5S/c25-21(17-4-2-1-3-5-17)22-19-16-18(30(26,27)24-10-14-29-15-11-24)6-7-20(19)23-8-12-28-13-9-23/h1-2,6-7,16-17H,3-5,8-15H2,(H,22,25). The fourth-order valence-electron chi connectivity index (χ4n) is 4.06. The minimum Gasteiger partial charge on any atom is -0.379 e. The number of hydrogen-bond acceptors (Lipinski definition) is 6. The Morgan fingerprint density at radius 3 is 2.37 bits per heavy atom. The molecule has 164 valence electrons. The number of morpholine rings is 2. The van der Waals surface area contributed by atoms with Gasteiger partial charge in [0.25, 0.3) is 0 Å². The van der Waals surface area contributed by atoms with Crippen LogP contribution in [0.3, 0.4) is 0 Å². The summed E-state index contributed by atoms with van der Waals surface area (Å²) in [5, 5.41) is 3.03. The number of carbonyl (C=O) groups excluding carboxylic acids is 1. The van der Waals surface area contributed by atoms with Crippen LogP contribution in [0.4, 0.5) is 11.4 Å². The highest BCUT2D eigenvalue weighted by molar-refractivity contribution is 7.89. The summed E-state index contributed by atoms with van der Waals surface area (Å²) in [5.41, 5.74) is 1.38. The third-order valence-electron chi connectivity index (χ3n) is 5.83. The monoisotopic (exact) mass is 435 g/mol. The minimum atomic E-state index is -3.65. The van der Waals surface area contributed by atoms with Crippen LogP contribution in [0.2, 0.25) is 0 Å². The van der Waals surface area contributed by atoms with Crippen molar-refractivity contribution in [1.82, 2.24) is 4.31 Å². The number of rotatable bonds is 5. The highest BCUT2D eigenvalue weighted by atomic mass is 32.2. The van der Waals surface area contributed by atoms with Crippen molar-refractivity contribution in [3.8, 4) is 0 Å². The average molecular weight is 436 g/mol. The Kier molecular flexibility index (Phi) is 6.72. The predicted octanol–water partition coefficient (Wildman–Crippen LogP) is 1.84. The molecular weight excluding hydrogens is 406 g/mol. The number of benzene rings is 1. The van der Waals surface area contributed by atoms with Crippen LogP contribution in [-0.2, 0) is 24.3 Å². The molecule has 9 heteroatoms. The van der Waals surface area contributed by atoms with Gasteiger partial charge in [0.1, 0.15) is 0 Å². The van der Waals surface area contributed by atoms with Crippen LogP contribution in [0.15, 0.2) is 35.2 Å². The number of hydrogen-bond donors (Lipinski definition) is 1. The molecule has 0 spiro atoms. The molecule has 1 aromatic carbocycles. The second-order valence-electron chi connectivity index (χ2n) is 7.77. The number of ether oxygens (including phenoxy) is 2. The van der Waals surface area contributed by atoms with Crippen LogP contribution in [0.5, 0.6) is 0 Å². The molecule has 1 aliphatic carbocycles. The quantitative estimate of drug-likeness (QED) is 0.710. The second-order valence-corrected chi connectivity index (χ2v) is 9.70. The number of carbonyl (C=O) groups is 1. The second kappa shape index (κ2) is 9.47. The van der Waals surface area contributed by atoms with Crippen molar-refractivity contribution in [3.63, 3.8) is 0 Å². The number of allylic oxidation sites excluding steroid dienone is 2. The Morgan fingerprint density at radius 1 is 1.00 bits per heavy atom. The van der Waals surface area contributed by atoms with Crippen LogP contribution in [0.25, 0.3) is 0 Å². The van der Waals surface area contributed by atoms with Gasteiger partial charge in [-0.05, 0) is 37.5 Å². The van der Waals surface area contributed by atoms with E-state index in [1.54, 1.807) is 18.2 Å². The summed E-state index contributed by atoms with van der Waals surface area (Å²) in [7, 11) is -3.65. The maximum absolute atomic E-state index is 13.1. The van der Waals surface area contributed by atoms with Gasteiger partial charge < -0.3 is 19.7 Å². The van der Waals surface area contributed by atoms with E-state index in [-0.39, 0.29) is 16.7 Å². The highest BCUT2D eigenvalue weighted by Gasteiger charge is 2.28. The zero-order valence-electron chi connectivity index (χ0n) is 17.1. The summed E-state index contributed by atoms with van der Waals surface area (Å²) in [6.07, 6.45) is 6.54. The molecule has 1 aromatic rings. The van der Waals surface area contributed by atoms with E-state index in [0.29, 0.717) is 64.7 Å². The molecule has 30 heavy (non-hydrogen) atoms. The van der Waals surface area contributed by atoms with E-state index in [9.17, 15) is 13.2 Å². The van der Waals surface area contributed by atoms with Gasteiger partial charge in [-0.1, -0.05) is 12.2 Å². The molecule has 0 radical (unpaired) electrons. The minimum absolute atomic E-state index is 0.0604. The first-order valence-corrected chi connectivity index (χ1v) is 12.0. The number of anilines is 2. The first-order chi connectivity index (χ1) is 14.6. The highest BCUT2D eigenvalue weighted by Crippen LogP contribution is 2.32. The van der Waals surface area contributed by atoms with Crippen molar-refractivity contribution in [3.05, 3.63) is 30.4 Å². The van der Waals surface area contributed by atoms with Crippen molar-refractivity contribution in [2.45, 2.75) is 24.2 Å². The molecule has 2 aliphatic heterocycles. The van der Waals surface area contributed by atoms with Crippen molar-refractivity contribution >= 4 is 27.3 Å². The zero-order chi connectivity index (χ0) is 21.0. The molecule has 8 nitrogen and oxygen atoms in total. The molecule has 1 atom stereocenters. The van der Waals surface area contributed by atoms with Crippen LogP contribution in [-0.4, -0.2) is 71.2 Å². The lowest BCUT2D eigenvalue weighted by atomic mass is 9.93. The Morgan fingerprint density at radius 2 is 1.70 bits per heavy atom. The first kappa shape index (κ1) is 21.3. The van der Waals surface area contributed by atoms with Crippen molar-refractivity contribution in [2.24, 2.45) is 5.92 Å². The molecule has 2 heterocycles. The van der Waals surface area contributed by atoms with Crippen molar-refractivity contribution in [2.75, 3.05) is 62.8 Å². The summed E-state index contributed by atoms with van der Waals surface area (Å²) in [6.45, 7) is 4.07. The number of nitrogens with one attached hydrogen (secondary N) is 1. The maximum atomic E-state index is 13.1. The van der Waals surface area contributed by atoms with E-state index in [1.807, 2.05) is 6.08 Å². The van der Waals surface area contributed by atoms with Crippen LogP contribution in [0.1, 0.15) is 19.3 Å². The van der Waals surface area contributed by atoms with Gasteiger partial charge in [-0.2, -0.15) is 4.31 Å². The Bertz CT molecular complexity index is 890. The summed E-state index contributed by atoms with van der Waals surface area (Å²) in [6, 6.07) is 5.04. The van der Waals surface area contributed by atoms with E-state index in [2.05, 4.69) is 16.3 Å². The summed E-state index contributed by atoms with van der Waals surface area (Å²) in [4.78, 5) is 15.2. The van der Waals surface area contributed by atoms with Gasteiger partial charge in [0, 0.05) is 32.1 Å². The lowest BCUT2D eigenvalue weighted by molar-refractivity contribution is -0.120. The summed E-state index contributed by atoms with van der Waals surface area (Å²) >= 11 is 0. The zero-order valence-corrected chi connectivity index (χ0v) is 17.9. The summed E-state index contributed by atoms with van der Waals surface area (Å²) < 4.78 is 38.4. The van der Waals surface area contributed by atoms with Gasteiger partial charge in [-0.25, -0.2) is 8.42 Å². The van der Waals surface area contributed by atoms with E-state index >= 15 is 0 Å². The lowest BCUT2D eigenvalue weighted by Crippen LogP contribution is -2.40. The Balaban J connectivity index is 1.63. The molecule has 1 amide bonds. The van der Waals surface area contributed by atoms with Gasteiger partial charge in [0.2, 0.25) is 15.9 Å². The third-order valence-corrected chi connectivity index (χ3v) is 7.72. The molecule has 0 saturated carbocycles. The van der Waals surface area contributed by atoms with E-state index in [1.165, 1.54) is 4.31 Å². The van der Waals surface area contributed by atoms with E-state index < -0.39 is 10.0 Å². The van der Waals surface area contributed by atoms with Gasteiger partial charge in [0.05, 0.1) is 42.7 Å². The molecule has 2 fully saturated rings. The number of sulfonamides is 1.